The van der Waals surface area contributed by atoms with Crippen LogP contribution in [0, 0.1) is 5.82 Å². The molecule has 152 valence electrons. The number of fused-ring (bicyclic) bond motifs is 1. The SMILES string of the molecule is COc1ccc(/C=C/C(=O)c2ccc3c(c2)OCO3)cc1COc1ccccc1F. The number of rotatable bonds is 7. The number of allylic oxidation sites excluding steroid dienone is 1. The van der Waals surface area contributed by atoms with Gasteiger partial charge in [0.1, 0.15) is 12.4 Å². The first kappa shape index (κ1) is 19.5. The summed E-state index contributed by atoms with van der Waals surface area (Å²) in [6.45, 7) is 0.286. The molecular weight excluding hydrogens is 387 g/mol. The fraction of sp³-hybridized carbons (Fsp3) is 0.125. The molecule has 0 spiro atoms. The van der Waals surface area contributed by atoms with E-state index < -0.39 is 5.82 Å². The van der Waals surface area contributed by atoms with Crippen molar-refractivity contribution < 1.29 is 28.1 Å². The molecule has 0 radical (unpaired) electrons. The van der Waals surface area contributed by atoms with Gasteiger partial charge in [0.05, 0.1) is 7.11 Å². The van der Waals surface area contributed by atoms with E-state index in [-0.39, 0.29) is 24.9 Å². The molecule has 30 heavy (non-hydrogen) atoms. The van der Waals surface area contributed by atoms with E-state index in [0.29, 0.717) is 22.8 Å². The Kier molecular flexibility index (Phi) is 5.66. The Morgan fingerprint density at radius 2 is 1.87 bits per heavy atom. The maximum Gasteiger partial charge on any atom is 0.231 e. The highest BCUT2D eigenvalue weighted by molar-refractivity contribution is 6.07. The van der Waals surface area contributed by atoms with Gasteiger partial charge >= 0.3 is 0 Å². The normalized spacial score (nSPS) is 12.2. The Balaban J connectivity index is 1.49. The Labute approximate surface area is 173 Å². The van der Waals surface area contributed by atoms with Gasteiger partial charge in [-0.2, -0.15) is 0 Å². The van der Waals surface area contributed by atoms with Gasteiger partial charge in [0.2, 0.25) is 6.79 Å². The number of para-hydroxylation sites is 1. The zero-order valence-corrected chi connectivity index (χ0v) is 16.3. The number of carbonyl (C=O) groups is 1. The van der Waals surface area contributed by atoms with Crippen LogP contribution in [0.2, 0.25) is 0 Å². The quantitative estimate of drug-likeness (QED) is 0.407. The first-order valence-electron chi connectivity index (χ1n) is 9.30. The number of hydrogen-bond acceptors (Lipinski definition) is 5. The van der Waals surface area contributed by atoms with E-state index in [0.717, 1.165) is 11.1 Å². The first-order chi connectivity index (χ1) is 14.6. The number of halogens is 1. The minimum absolute atomic E-state index is 0.127. The number of ether oxygens (including phenoxy) is 4. The molecule has 4 rings (SSSR count). The summed E-state index contributed by atoms with van der Waals surface area (Å²) in [5.74, 6) is 1.38. The largest absolute Gasteiger partial charge is 0.496 e. The first-order valence-corrected chi connectivity index (χ1v) is 9.30. The molecule has 1 aliphatic rings. The zero-order valence-electron chi connectivity index (χ0n) is 16.3. The second kappa shape index (κ2) is 8.69. The van der Waals surface area contributed by atoms with Crippen molar-refractivity contribution in [3.63, 3.8) is 0 Å². The molecule has 3 aromatic carbocycles. The lowest BCUT2D eigenvalue weighted by molar-refractivity contribution is 0.104. The van der Waals surface area contributed by atoms with Gasteiger partial charge in [-0.15, -0.1) is 0 Å². The summed E-state index contributed by atoms with van der Waals surface area (Å²) in [6.07, 6.45) is 3.19. The molecule has 6 heteroatoms. The molecule has 0 N–H and O–H groups in total. The van der Waals surface area contributed by atoms with E-state index in [2.05, 4.69) is 0 Å². The van der Waals surface area contributed by atoms with E-state index in [9.17, 15) is 9.18 Å². The lowest BCUT2D eigenvalue weighted by Gasteiger charge is -2.11. The molecule has 1 heterocycles. The van der Waals surface area contributed by atoms with Gasteiger partial charge in [0.15, 0.2) is 28.8 Å². The lowest BCUT2D eigenvalue weighted by Crippen LogP contribution is -2.00. The standard InChI is InChI=1S/C24H19FO5/c1-27-21-10-7-16(12-18(21)14-28-22-5-3-2-4-19(22)25)6-9-20(26)17-8-11-23-24(13-17)30-15-29-23/h2-13H,14-15H2,1H3/b9-6+. The monoisotopic (exact) mass is 406 g/mol. The number of hydrogen-bond donors (Lipinski definition) is 0. The van der Waals surface area contributed by atoms with Crippen LogP contribution < -0.4 is 18.9 Å². The van der Waals surface area contributed by atoms with E-state index >= 15 is 0 Å². The zero-order chi connectivity index (χ0) is 20.9. The van der Waals surface area contributed by atoms with Gasteiger partial charge < -0.3 is 18.9 Å². The third-order valence-corrected chi connectivity index (χ3v) is 4.61. The van der Waals surface area contributed by atoms with E-state index in [1.54, 1.807) is 55.7 Å². The maximum absolute atomic E-state index is 13.8. The number of carbonyl (C=O) groups excluding carboxylic acids is 1. The van der Waals surface area contributed by atoms with Crippen LogP contribution in [0.3, 0.4) is 0 Å². The molecule has 0 saturated carbocycles. The van der Waals surface area contributed by atoms with Crippen molar-refractivity contribution in [1.29, 1.82) is 0 Å². The van der Waals surface area contributed by atoms with Gasteiger partial charge in [-0.1, -0.05) is 24.3 Å². The van der Waals surface area contributed by atoms with Crippen LogP contribution in [0.15, 0.2) is 66.7 Å². The van der Waals surface area contributed by atoms with Crippen LogP contribution in [0.5, 0.6) is 23.0 Å². The van der Waals surface area contributed by atoms with Crippen molar-refractivity contribution in [1.82, 2.24) is 0 Å². The summed E-state index contributed by atoms with van der Waals surface area (Å²) in [6, 6.07) is 16.7. The van der Waals surface area contributed by atoms with E-state index in [1.165, 1.54) is 12.1 Å². The molecule has 1 aliphatic heterocycles. The Morgan fingerprint density at radius 3 is 2.70 bits per heavy atom. The third-order valence-electron chi connectivity index (χ3n) is 4.61. The third kappa shape index (κ3) is 4.27. The molecule has 0 atom stereocenters. The molecular formula is C24H19FO5. The molecule has 0 unspecified atom stereocenters. The minimum Gasteiger partial charge on any atom is -0.496 e. The van der Waals surface area contributed by atoms with Crippen molar-refractivity contribution in [2.45, 2.75) is 6.61 Å². The predicted octanol–water partition coefficient (Wildman–Crippen LogP) is 5.04. The Bertz CT molecular complexity index is 1110. The fourth-order valence-electron chi connectivity index (χ4n) is 3.05. The van der Waals surface area contributed by atoms with Crippen LogP contribution in [0.1, 0.15) is 21.5 Å². The Morgan fingerprint density at radius 1 is 1.03 bits per heavy atom. The molecule has 0 saturated heterocycles. The van der Waals surface area contributed by atoms with Crippen molar-refractivity contribution in [2.24, 2.45) is 0 Å². The van der Waals surface area contributed by atoms with Gasteiger partial charge in [0.25, 0.3) is 0 Å². The number of ketones is 1. The predicted molar refractivity (Wildman–Crippen MR) is 110 cm³/mol. The van der Waals surface area contributed by atoms with Gasteiger partial charge in [-0.25, -0.2) is 4.39 Å². The van der Waals surface area contributed by atoms with Crippen molar-refractivity contribution in [2.75, 3.05) is 13.9 Å². The van der Waals surface area contributed by atoms with Crippen LogP contribution in [0.25, 0.3) is 6.08 Å². The molecule has 0 amide bonds. The highest BCUT2D eigenvalue weighted by Crippen LogP contribution is 2.32. The Hall–Kier alpha value is -3.80. The molecule has 3 aromatic rings. The second-order valence-electron chi connectivity index (χ2n) is 6.56. The van der Waals surface area contributed by atoms with E-state index in [1.807, 2.05) is 12.1 Å². The van der Waals surface area contributed by atoms with Gasteiger partial charge in [0, 0.05) is 11.1 Å². The van der Waals surface area contributed by atoms with Crippen molar-refractivity contribution in [3.8, 4) is 23.0 Å². The molecule has 0 aromatic heterocycles. The molecule has 0 fully saturated rings. The average molecular weight is 406 g/mol. The average Bonchev–Trinajstić information content (AvgIpc) is 3.25. The fourth-order valence-corrected chi connectivity index (χ4v) is 3.05. The van der Waals surface area contributed by atoms with Crippen LogP contribution >= 0.6 is 0 Å². The summed E-state index contributed by atoms with van der Waals surface area (Å²) < 4.78 is 35.3. The van der Waals surface area contributed by atoms with Gasteiger partial charge in [-0.05, 0) is 54.1 Å². The van der Waals surface area contributed by atoms with Crippen LogP contribution in [0.4, 0.5) is 4.39 Å². The topological polar surface area (TPSA) is 54.0 Å². The van der Waals surface area contributed by atoms with Crippen LogP contribution in [-0.4, -0.2) is 19.7 Å². The number of methoxy groups -OCH3 is 1. The maximum atomic E-state index is 13.8. The van der Waals surface area contributed by atoms with Gasteiger partial charge in [-0.3, -0.25) is 4.79 Å². The molecule has 0 aliphatic carbocycles. The summed E-state index contributed by atoms with van der Waals surface area (Å²) >= 11 is 0. The highest BCUT2D eigenvalue weighted by Gasteiger charge is 2.15. The summed E-state index contributed by atoms with van der Waals surface area (Å²) in [4.78, 5) is 12.5. The molecule has 0 bridgehead atoms. The van der Waals surface area contributed by atoms with Crippen molar-refractivity contribution in [3.05, 3.63) is 89.2 Å². The van der Waals surface area contributed by atoms with Crippen LogP contribution in [-0.2, 0) is 6.61 Å². The number of benzene rings is 3. The molecule has 5 nitrogen and oxygen atoms in total. The minimum atomic E-state index is -0.429. The van der Waals surface area contributed by atoms with Crippen molar-refractivity contribution >= 4 is 11.9 Å². The summed E-state index contributed by atoms with van der Waals surface area (Å²) in [7, 11) is 1.56. The van der Waals surface area contributed by atoms with E-state index in [4.69, 9.17) is 18.9 Å². The second-order valence-corrected chi connectivity index (χ2v) is 6.56. The highest BCUT2D eigenvalue weighted by atomic mass is 19.1. The lowest BCUT2D eigenvalue weighted by atomic mass is 10.1. The smallest absolute Gasteiger partial charge is 0.231 e. The summed E-state index contributed by atoms with van der Waals surface area (Å²) in [5.41, 5.74) is 2.03. The summed E-state index contributed by atoms with van der Waals surface area (Å²) in [5, 5.41) is 0.